The van der Waals surface area contributed by atoms with Crippen LogP contribution in [0.3, 0.4) is 0 Å². The largest absolute Gasteiger partial charge is 0.466 e. The summed E-state index contributed by atoms with van der Waals surface area (Å²) in [5.41, 5.74) is 4.29. The normalized spacial score (nSPS) is 20.3. The van der Waals surface area contributed by atoms with E-state index in [1.165, 1.54) is 0 Å². The fraction of sp³-hybridized carbons (Fsp3) is 0.263. The summed E-state index contributed by atoms with van der Waals surface area (Å²) in [5, 5.41) is 3.33. The summed E-state index contributed by atoms with van der Waals surface area (Å²) in [4.78, 5) is 17.5. The van der Waals surface area contributed by atoms with Gasteiger partial charge in [0.2, 0.25) is 0 Å². The summed E-state index contributed by atoms with van der Waals surface area (Å²) in [7, 11) is 0. The number of hydrogen-bond acceptors (Lipinski definition) is 4. The van der Waals surface area contributed by atoms with Crippen LogP contribution in [0.15, 0.2) is 57.1 Å². The van der Waals surface area contributed by atoms with Gasteiger partial charge in [0.05, 0.1) is 22.7 Å². The lowest BCUT2D eigenvalue weighted by molar-refractivity contribution is -0.115. The molecule has 4 rings (SSSR count). The molecular weight excluding hydrogens is 288 g/mol. The summed E-state index contributed by atoms with van der Waals surface area (Å²) in [6.07, 6.45) is 1.19. The molecule has 1 aromatic heterocycles. The van der Waals surface area contributed by atoms with Crippen LogP contribution in [0.4, 0.5) is 11.4 Å². The van der Waals surface area contributed by atoms with Gasteiger partial charge in [-0.25, -0.2) is 0 Å². The van der Waals surface area contributed by atoms with E-state index in [1.54, 1.807) is 0 Å². The van der Waals surface area contributed by atoms with Crippen molar-refractivity contribution >= 4 is 22.9 Å². The quantitative estimate of drug-likeness (QED) is 0.843. The number of aliphatic imine (C=N–C) groups is 1. The molecule has 116 valence electrons. The Hall–Kier alpha value is -2.62. The molecule has 1 aliphatic carbocycles. The number of para-hydroxylation sites is 2. The van der Waals surface area contributed by atoms with E-state index in [0.717, 1.165) is 46.3 Å². The first kappa shape index (κ1) is 14.0. The molecule has 4 nitrogen and oxygen atoms in total. The van der Waals surface area contributed by atoms with Crippen molar-refractivity contribution in [3.8, 4) is 0 Å². The Morgan fingerprint density at radius 3 is 2.74 bits per heavy atom. The Bertz CT molecular complexity index is 858. The summed E-state index contributed by atoms with van der Waals surface area (Å²) < 4.78 is 5.74. The van der Waals surface area contributed by atoms with Gasteiger partial charge < -0.3 is 9.73 Å². The number of anilines is 1. The van der Waals surface area contributed by atoms with Crippen molar-refractivity contribution in [2.45, 2.75) is 32.6 Å². The van der Waals surface area contributed by atoms with Crippen molar-refractivity contribution in [2.75, 3.05) is 5.32 Å². The molecule has 2 aromatic rings. The Balaban J connectivity index is 1.79. The van der Waals surface area contributed by atoms with E-state index in [2.05, 4.69) is 5.32 Å². The number of furan rings is 1. The van der Waals surface area contributed by atoms with Crippen LogP contribution < -0.4 is 5.32 Å². The molecule has 0 spiro atoms. The van der Waals surface area contributed by atoms with Gasteiger partial charge in [0.25, 0.3) is 0 Å². The highest BCUT2D eigenvalue weighted by Crippen LogP contribution is 2.38. The number of benzene rings is 1. The molecule has 0 bridgehead atoms. The van der Waals surface area contributed by atoms with E-state index in [0.29, 0.717) is 6.42 Å². The van der Waals surface area contributed by atoms with E-state index < -0.39 is 0 Å². The number of Topliss-reactive ketones (excluding diaryl/α,β-unsaturated/α-hetero) is 1. The van der Waals surface area contributed by atoms with E-state index in [1.807, 2.05) is 50.2 Å². The fourth-order valence-electron chi connectivity index (χ4n) is 3.38. The molecule has 2 aliphatic rings. The number of carbonyl (C=O) groups excluding carboxylic acids is 1. The first-order valence-electron chi connectivity index (χ1n) is 7.86. The Morgan fingerprint density at radius 1 is 1.13 bits per heavy atom. The van der Waals surface area contributed by atoms with Crippen LogP contribution in [0.1, 0.15) is 37.2 Å². The number of rotatable bonds is 1. The van der Waals surface area contributed by atoms with Gasteiger partial charge in [-0.1, -0.05) is 12.1 Å². The standard InChI is InChI=1S/C19H18N2O2/c1-11-7-8-18(23-11)13-9-16-19(17(22)10-13)12(2)20-14-5-3-4-6-15(14)21-16/h3-8,13,20H,9-10H2,1-2H3/t13-/m1/s1. The Kier molecular flexibility index (Phi) is 3.18. The number of hydrogen-bond donors (Lipinski definition) is 1. The number of nitrogens with zero attached hydrogens (tertiary/aromatic N) is 1. The van der Waals surface area contributed by atoms with E-state index in [-0.39, 0.29) is 11.7 Å². The van der Waals surface area contributed by atoms with E-state index in [9.17, 15) is 4.79 Å². The van der Waals surface area contributed by atoms with Crippen molar-refractivity contribution in [3.63, 3.8) is 0 Å². The van der Waals surface area contributed by atoms with Crippen molar-refractivity contribution in [1.82, 2.24) is 0 Å². The zero-order chi connectivity index (χ0) is 16.0. The van der Waals surface area contributed by atoms with Crippen LogP contribution in [-0.2, 0) is 4.79 Å². The molecular formula is C19H18N2O2. The second-order valence-electron chi connectivity index (χ2n) is 6.18. The average Bonchev–Trinajstić information content (AvgIpc) is 2.88. The first-order chi connectivity index (χ1) is 11.1. The van der Waals surface area contributed by atoms with Crippen molar-refractivity contribution in [3.05, 3.63) is 59.2 Å². The number of aryl methyl sites for hydroxylation is 1. The smallest absolute Gasteiger partial charge is 0.167 e. The maximum Gasteiger partial charge on any atom is 0.167 e. The van der Waals surface area contributed by atoms with Gasteiger partial charge in [-0.05, 0) is 38.1 Å². The minimum Gasteiger partial charge on any atom is -0.466 e. The van der Waals surface area contributed by atoms with Crippen molar-refractivity contribution in [1.29, 1.82) is 0 Å². The first-order valence-corrected chi connectivity index (χ1v) is 7.86. The third kappa shape index (κ3) is 2.40. The molecule has 1 atom stereocenters. The topological polar surface area (TPSA) is 54.6 Å². The zero-order valence-corrected chi connectivity index (χ0v) is 13.2. The number of fused-ring (bicyclic) bond motifs is 2. The highest BCUT2D eigenvalue weighted by Gasteiger charge is 2.34. The van der Waals surface area contributed by atoms with Gasteiger partial charge in [-0.3, -0.25) is 9.79 Å². The summed E-state index contributed by atoms with van der Waals surface area (Å²) in [6.45, 7) is 3.87. The van der Waals surface area contributed by atoms with Gasteiger partial charge in [0.1, 0.15) is 11.5 Å². The molecule has 0 saturated heterocycles. The van der Waals surface area contributed by atoms with Crippen LogP contribution in [0, 0.1) is 6.92 Å². The van der Waals surface area contributed by atoms with Gasteiger partial charge in [0.15, 0.2) is 5.78 Å². The molecule has 1 aliphatic heterocycles. The van der Waals surface area contributed by atoms with Crippen LogP contribution in [0.2, 0.25) is 0 Å². The Labute approximate surface area is 134 Å². The Morgan fingerprint density at radius 2 is 1.96 bits per heavy atom. The monoisotopic (exact) mass is 306 g/mol. The lowest BCUT2D eigenvalue weighted by Gasteiger charge is -2.23. The molecule has 0 radical (unpaired) electrons. The van der Waals surface area contributed by atoms with Gasteiger partial charge in [0, 0.05) is 24.5 Å². The van der Waals surface area contributed by atoms with Crippen molar-refractivity contribution < 1.29 is 9.21 Å². The predicted molar refractivity (Wildman–Crippen MR) is 90.3 cm³/mol. The lowest BCUT2D eigenvalue weighted by atomic mass is 9.81. The number of allylic oxidation sites excluding steroid dienone is 2. The molecule has 0 amide bonds. The SMILES string of the molecule is CC1=C2C(=O)C[C@H](c3ccc(C)o3)CC2=Nc2ccccc2N1. The third-order valence-corrected chi connectivity index (χ3v) is 4.46. The fourth-order valence-corrected chi connectivity index (χ4v) is 3.38. The minimum atomic E-state index is 0.0664. The lowest BCUT2D eigenvalue weighted by Crippen LogP contribution is -2.26. The highest BCUT2D eigenvalue weighted by molar-refractivity contribution is 6.26. The molecule has 2 heterocycles. The second kappa shape index (κ2) is 5.23. The molecule has 1 saturated carbocycles. The summed E-state index contributed by atoms with van der Waals surface area (Å²) >= 11 is 0. The number of carbonyl (C=O) groups is 1. The number of ketones is 1. The van der Waals surface area contributed by atoms with Gasteiger partial charge in [-0.2, -0.15) is 0 Å². The summed E-state index contributed by atoms with van der Waals surface area (Å²) in [6, 6.07) is 11.8. The van der Waals surface area contributed by atoms with Crippen LogP contribution in [0.5, 0.6) is 0 Å². The molecule has 4 heteroatoms. The van der Waals surface area contributed by atoms with Gasteiger partial charge in [-0.15, -0.1) is 0 Å². The van der Waals surface area contributed by atoms with E-state index in [4.69, 9.17) is 9.41 Å². The maximum absolute atomic E-state index is 12.7. The molecule has 23 heavy (non-hydrogen) atoms. The van der Waals surface area contributed by atoms with Crippen molar-refractivity contribution in [2.24, 2.45) is 4.99 Å². The van der Waals surface area contributed by atoms with Crippen LogP contribution in [0.25, 0.3) is 0 Å². The predicted octanol–water partition coefficient (Wildman–Crippen LogP) is 4.51. The molecule has 1 fully saturated rings. The average molecular weight is 306 g/mol. The van der Waals surface area contributed by atoms with Gasteiger partial charge >= 0.3 is 0 Å². The third-order valence-electron chi connectivity index (χ3n) is 4.46. The highest BCUT2D eigenvalue weighted by atomic mass is 16.3. The minimum absolute atomic E-state index is 0.0664. The maximum atomic E-state index is 12.7. The molecule has 0 unspecified atom stereocenters. The zero-order valence-electron chi connectivity index (χ0n) is 13.2. The second-order valence-corrected chi connectivity index (χ2v) is 6.18. The molecule has 1 N–H and O–H groups in total. The summed E-state index contributed by atoms with van der Waals surface area (Å²) in [5.74, 6) is 1.95. The van der Waals surface area contributed by atoms with Crippen LogP contribution in [-0.4, -0.2) is 11.5 Å². The van der Waals surface area contributed by atoms with E-state index >= 15 is 0 Å². The van der Waals surface area contributed by atoms with Crippen LogP contribution >= 0.6 is 0 Å². The number of nitrogens with one attached hydrogen (secondary N) is 1. The molecule has 1 aromatic carbocycles.